The molecule has 25 heavy (non-hydrogen) atoms. The number of hydrogen-bond donors (Lipinski definition) is 2. The van der Waals surface area contributed by atoms with E-state index in [0.29, 0.717) is 6.04 Å². The number of aliphatic hydroxyl groups is 1. The van der Waals surface area contributed by atoms with E-state index in [1.54, 1.807) is 0 Å². The molecule has 1 aliphatic rings. The van der Waals surface area contributed by atoms with Crippen LogP contribution in [0.2, 0.25) is 0 Å². The van der Waals surface area contributed by atoms with Gasteiger partial charge in [-0.3, -0.25) is 4.79 Å². The first-order valence-corrected chi connectivity index (χ1v) is 9.33. The van der Waals surface area contributed by atoms with E-state index in [0.717, 1.165) is 37.2 Å². The Balaban J connectivity index is 1.77. The molecule has 140 valence electrons. The quantitative estimate of drug-likeness (QED) is 0.795. The number of nitrogens with zero attached hydrogens (tertiary/aromatic N) is 1. The van der Waals surface area contributed by atoms with Crippen LogP contribution in [-0.2, 0) is 4.79 Å². The summed E-state index contributed by atoms with van der Waals surface area (Å²) in [6.07, 6.45) is 1.20. The Hall–Kier alpha value is -1.59. The minimum Gasteiger partial charge on any atom is -0.491 e. The van der Waals surface area contributed by atoms with Crippen LogP contribution in [0.1, 0.15) is 52.2 Å². The maximum absolute atomic E-state index is 12.3. The Morgan fingerprint density at radius 3 is 2.32 bits per heavy atom. The van der Waals surface area contributed by atoms with Gasteiger partial charge >= 0.3 is 0 Å². The van der Waals surface area contributed by atoms with Gasteiger partial charge in [0, 0.05) is 18.5 Å². The lowest BCUT2D eigenvalue weighted by atomic mass is 9.95. The standard InChI is InChI=1S/C20H32N2O3/c1-14(2)22-11-9-17(10-12-22)20(24)21-13-19(23)16-5-7-18(8-6-16)25-15(3)4/h5-8,14-15,17,19,23H,9-13H2,1-4H3,(H,21,24). The highest BCUT2D eigenvalue weighted by molar-refractivity contribution is 5.78. The van der Waals surface area contributed by atoms with Crippen LogP contribution in [0.3, 0.4) is 0 Å². The van der Waals surface area contributed by atoms with Gasteiger partial charge in [-0.05, 0) is 71.3 Å². The van der Waals surface area contributed by atoms with Crippen LogP contribution in [0.4, 0.5) is 0 Å². The Morgan fingerprint density at radius 2 is 1.80 bits per heavy atom. The van der Waals surface area contributed by atoms with Crippen LogP contribution in [0.25, 0.3) is 0 Å². The van der Waals surface area contributed by atoms with E-state index in [1.165, 1.54) is 0 Å². The highest BCUT2D eigenvalue weighted by atomic mass is 16.5. The number of benzene rings is 1. The predicted octanol–water partition coefficient (Wildman–Crippen LogP) is 2.74. The van der Waals surface area contributed by atoms with Crippen LogP contribution in [0, 0.1) is 5.92 Å². The molecule has 0 aliphatic carbocycles. The van der Waals surface area contributed by atoms with E-state index < -0.39 is 6.10 Å². The van der Waals surface area contributed by atoms with Crippen molar-refractivity contribution in [2.75, 3.05) is 19.6 Å². The normalized spacial score (nSPS) is 17.7. The maximum Gasteiger partial charge on any atom is 0.223 e. The van der Waals surface area contributed by atoms with Gasteiger partial charge < -0.3 is 20.1 Å². The van der Waals surface area contributed by atoms with Crippen LogP contribution in [0.15, 0.2) is 24.3 Å². The zero-order valence-corrected chi connectivity index (χ0v) is 15.9. The van der Waals surface area contributed by atoms with Gasteiger partial charge in [0.1, 0.15) is 5.75 Å². The largest absolute Gasteiger partial charge is 0.491 e. The summed E-state index contributed by atoms with van der Waals surface area (Å²) in [5, 5.41) is 13.2. The third-order valence-corrected chi connectivity index (χ3v) is 4.74. The second kappa shape index (κ2) is 9.20. The summed E-state index contributed by atoms with van der Waals surface area (Å²) < 4.78 is 5.60. The summed E-state index contributed by atoms with van der Waals surface area (Å²) >= 11 is 0. The summed E-state index contributed by atoms with van der Waals surface area (Å²) in [6.45, 7) is 10.5. The Kier molecular flexibility index (Phi) is 7.26. The average molecular weight is 348 g/mol. The molecule has 1 heterocycles. The van der Waals surface area contributed by atoms with Gasteiger partial charge in [-0.2, -0.15) is 0 Å². The molecule has 0 aromatic heterocycles. The fourth-order valence-electron chi connectivity index (χ4n) is 3.18. The molecule has 1 amide bonds. The smallest absolute Gasteiger partial charge is 0.223 e. The van der Waals surface area contributed by atoms with Crippen LogP contribution in [-0.4, -0.2) is 47.7 Å². The SMILES string of the molecule is CC(C)Oc1ccc(C(O)CNC(=O)C2CCN(C(C)C)CC2)cc1. The molecule has 1 unspecified atom stereocenters. The summed E-state index contributed by atoms with van der Waals surface area (Å²) in [7, 11) is 0. The number of aliphatic hydroxyl groups excluding tert-OH is 1. The Labute approximate surface area is 151 Å². The number of carbonyl (C=O) groups is 1. The van der Waals surface area contributed by atoms with E-state index in [2.05, 4.69) is 24.1 Å². The molecule has 1 atom stereocenters. The molecule has 1 aliphatic heterocycles. The van der Waals surface area contributed by atoms with E-state index in [4.69, 9.17) is 4.74 Å². The molecule has 1 aromatic rings. The average Bonchev–Trinajstić information content (AvgIpc) is 2.59. The van der Waals surface area contributed by atoms with E-state index >= 15 is 0 Å². The number of likely N-dealkylation sites (tertiary alicyclic amines) is 1. The van der Waals surface area contributed by atoms with E-state index in [1.807, 2.05) is 38.1 Å². The minimum absolute atomic E-state index is 0.0576. The molecule has 1 saturated heterocycles. The zero-order chi connectivity index (χ0) is 18.4. The lowest BCUT2D eigenvalue weighted by Gasteiger charge is -2.34. The van der Waals surface area contributed by atoms with Crippen molar-refractivity contribution in [2.45, 2.75) is 58.8 Å². The van der Waals surface area contributed by atoms with Crippen LogP contribution in [0.5, 0.6) is 5.75 Å². The second-order valence-electron chi connectivity index (χ2n) is 7.40. The molecule has 2 rings (SSSR count). The number of rotatable bonds is 7. The van der Waals surface area contributed by atoms with Crippen molar-refractivity contribution in [2.24, 2.45) is 5.92 Å². The summed E-state index contributed by atoms with van der Waals surface area (Å²) in [6, 6.07) is 7.92. The lowest BCUT2D eigenvalue weighted by molar-refractivity contribution is -0.127. The highest BCUT2D eigenvalue weighted by Crippen LogP contribution is 2.21. The van der Waals surface area contributed by atoms with Gasteiger partial charge in [0.2, 0.25) is 5.91 Å². The molecular formula is C20H32N2O3. The molecule has 1 aromatic carbocycles. The van der Waals surface area contributed by atoms with Crippen molar-refractivity contribution >= 4 is 5.91 Å². The molecule has 2 N–H and O–H groups in total. The molecular weight excluding hydrogens is 316 g/mol. The van der Waals surface area contributed by atoms with Crippen molar-refractivity contribution in [1.82, 2.24) is 10.2 Å². The van der Waals surface area contributed by atoms with Crippen molar-refractivity contribution in [1.29, 1.82) is 0 Å². The van der Waals surface area contributed by atoms with Crippen molar-refractivity contribution in [3.63, 3.8) is 0 Å². The van der Waals surface area contributed by atoms with Crippen LogP contribution >= 0.6 is 0 Å². The second-order valence-corrected chi connectivity index (χ2v) is 7.40. The first kappa shape index (κ1) is 19.7. The summed E-state index contributed by atoms with van der Waals surface area (Å²) in [4.78, 5) is 14.7. The first-order chi connectivity index (χ1) is 11.9. The monoisotopic (exact) mass is 348 g/mol. The number of amides is 1. The van der Waals surface area contributed by atoms with Gasteiger partial charge in [0.15, 0.2) is 0 Å². The number of ether oxygens (including phenoxy) is 1. The Bertz CT molecular complexity index is 534. The number of nitrogens with one attached hydrogen (secondary N) is 1. The summed E-state index contributed by atoms with van der Waals surface area (Å²) in [5.41, 5.74) is 0.783. The van der Waals surface area contributed by atoms with Crippen LogP contribution < -0.4 is 10.1 Å². The zero-order valence-electron chi connectivity index (χ0n) is 15.9. The number of hydrogen-bond acceptors (Lipinski definition) is 4. The van der Waals surface area contributed by atoms with Gasteiger partial charge in [-0.1, -0.05) is 12.1 Å². The molecule has 1 fully saturated rings. The lowest BCUT2D eigenvalue weighted by Crippen LogP contribution is -2.43. The van der Waals surface area contributed by atoms with Crippen molar-refractivity contribution in [3.8, 4) is 5.75 Å². The van der Waals surface area contributed by atoms with Gasteiger partial charge in [-0.25, -0.2) is 0 Å². The summed E-state index contributed by atoms with van der Waals surface area (Å²) in [5.74, 6) is 0.901. The number of piperidine rings is 1. The van der Waals surface area contributed by atoms with Crippen molar-refractivity contribution in [3.05, 3.63) is 29.8 Å². The first-order valence-electron chi connectivity index (χ1n) is 9.33. The predicted molar refractivity (Wildman–Crippen MR) is 99.6 cm³/mol. The van der Waals surface area contributed by atoms with E-state index in [-0.39, 0.29) is 24.5 Å². The molecule has 0 radical (unpaired) electrons. The van der Waals surface area contributed by atoms with E-state index in [9.17, 15) is 9.90 Å². The number of carbonyl (C=O) groups excluding carboxylic acids is 1. The highest BCUT2D eigenvalue weighted by Gasteiger charge is 2.26. The molecule has 0 spiro atoms. The van der Waals surface area contributed by atoms with Crippen molar-refractivity contribution < 1.29 is 14.6 Å². The third-order valence-electron chi connectivity index (χ3n) is 4.74. The molecule has 0 bridgehead atoms. The molecule has 0 saturated carbocycles. The Morgan fingerprint density at radius 1 is 1.20 bits per heavy atom. The maximum atomic E-state index is 12.3. The fraction of sp³-hybridized carbons (Fsp3) is 0.650. The van der Waals surface area contributed by atoms with Gasteiger partial charge in [0.25, 0.3) is 0 Å². The topological polar surface area (TPSA) is 61.8 Å². The molecule has 5 nitrogen and oxygen atoms in total. The third kappa shape index (κ3) is 6.01. The minimum atomic E-state index is -0.701. The molecule has 5 heteroatoms. The van der Waals surface area contributed by atoms with Gasteiger partial charge in [0.05, 0.1) is 12.2 Å². The fourth-order valence-corrected chi connectivity index (χ4v) is 3.18. The van der Waals surface area contributed by atoms with Gasteiger partial charge in [-0.15, -0.1) is 0 Å².